The Morgan fingerprint density at radius 3 is 2.95 bits per heavy atom. The molecule has 1 fully saturated rings. The van der Waals surface area contributed by atoms with Gasteiger partial charge >= 0.3 is 0 Å². The van der Waals surface area contributed by atoms with Crippen molar-refractivity contribution in [2.75, 3.05) is 18.6 Å². The zero-order valence-electron chi connectivity index (χ0n) is 11.7. The Kier molecular flexibility index (Phi) is 5.40. The molecule has 1 aliphatic heterocycles. The smallest absolute Gasteiger partial charge is 0.164 e. The van der Waals surface area contributed by atoms with E-state index in [2.05, 4.69) is 6.07 Å². The molecule has 0 aromatic heterocycles. The lowest BCUT2D eigenvalue weighted by atomic mass is 10.1. The lowest BCUT2D eigenvalue weighted by Gasteiger charge is -2.25. The van der Waals surface area contributed by atoms with Gasteiger partial charge in [-0.2, -0.15) is 11.8 Å². The van der Waals surface area contributed by atoms with Crippen molar-refractivity contribution in [2.45, 2.75) is 38.3 Å². The maximum Gasteiger partial charge on any atom is 0.164 e. The first-order valence-corrected chi connectivity index (χ1v) is 8.02. The minimum absolute atomic E-state index is 0.121. The van der Waals surface area contributed by atoms with E-state index < -0.39 is 0 Å². The van der Waals surface area contributed by atoms with Crippen LogP contribution in [-0.4, -0.2) is 30.8 Å². The highest BCUT2D eigenvalue weighted by Gasteiger charge is 2.19. The summed E-state index contributed by atoms with van der Waals surface area (Å²) < 4.78 is 11.6. The fraction of sp³-hybridized carbons (Fsp3) is 0.600. The largest absolute Gasteiger partial charge is 0.493 e. The van der Waals surface area contributed by atoms with Crippen LogP contribution in [-0.2, 0) is 6.42 Å². The van der Waals surface area contributed by atoms with Gasteiger partial charge in [-0.3, -0.25) is 0 Å². The monoisotopic (exact) mass is 281 g/mol. The molecule has 0 radical (unpaired) electrons. The SMILES string of the molecule is COc1cccc(CC(C)N)c1OC1CCCSC1. The van der Waals surface area contributed by atoms with Crippen molar-refractivity contribution in [2.24, 2.45) is 5.73 Å². The first-order valence-electron chi connectivity index (χ1n) is 6.86. The van der Waals surface area contributed by atoms with Crippen LogP contribution in [0, 0.1) is 0 Å². The number of benzene rings is 1. The number of thioether (sulfide) groups is 1. The standard InChI is InChI=1S/C15H23NO2S/c1-11(16)9-12-5-3-7-14(17-2)15(12)18-13-6-4-8-19-10-13/h3,5,7,11,13H,4,6,8-10,16H2,1-2H3. The van der Waals surface area contributed by atoms with Gasteiger partial charge in [-0.15, -0.1) is 0 Å². The molecular formula is C15H23NO2S. The maximum atomic E-state index is 6.21. The van der Waals surface area contributed by atoms with Crippen LogP contribution in [0.25, 0.3) is 0 Å². The zero-order valence-corrected chi connectivity index (χ0v) is 12.5. The number of hydrogen-bond acceptors (Lipinski definition) is 4. The van der Waals surface area contributed by atoms with Crippen molar-refractivity contribution in [3.63, 3.8) is 0 Å². The zero-order chi connectivity index (χ0) is 13.7. The highest BCUT2D eigenvalue weighted by Crippen LogP contribution is 2.34. The van der Waals surface area contributed by atoms with Gasteiger partial charge in [0.25, 0.3) is 0 Å². The predicted octanol–water partition coefficient (Wildman–Crippen LogP) is 2.86. The molecule has 0 saturated carbocycles. The maximum absolute atomic E-state index is 6.21. The summed E-state index contributed by atoms with van der Waals surface area (Å²) in [6.07, 6.45) is 3.46. The van der Waals surface area contributed by atoms with Crippen molar-refractivity contribution in [3.8, 4) is 11.5 Å². The molecule has 2 N–H and O–H groups in total. The normalized spacial score (nSPS) is 20.9. The first kappa shape index (κ1) is 14.5. The van der Waals surface area contributed by atoms with Gasteiger partial charge in [-0.1, -0.05) is 12.1 Å². The van der Waals surface area contributed by atoms with Gasteiger partial charge in [0, 0.05) is 11.8 Å². The van der Waals surface area contributed by atoms with Gasteiger partial charge in [-0.25, -0.2) is 0 Å². The molecule has 0 amide bonds. The Morgan fingerprint density at radius 1 is 1.47 bits per heavy atom. The lowest BCUT2D eigenvalue weighted by molar-refractivity contribution is 0.200. The molecule has 2 atom stereocenters. The van der Waals surface area contributed by atoms with Crippen LogP contribution in [0.4, 0.5) is 0 Å². The van der Waals surface area contributed by atoms with E-state index in [4.69, 9.17) is 15.2 Å². The summed E-state index contributed by atoms with van der Waals surface area (Å²) in [5, 5.41) is 0. The summed E-state index contributed by atoms with van der Waals surface area (Å²) >= 11 is 1.96. The van der Waals surface area contributed by atoms with E-state index in [0.29, 0.717) is 6.10 Å². The van der Waals surface area contributed by atoms with E-state index in [-0.39, 0.29) is 6.04 Å². The molecule has 1 aromatic carbocycles. The molecule has 0 aliphatic carbocycles. The molecule has 0 spiro atoms. The first-order chi connectivity index (χ1) is 9.20. The summed E-state index contributed by atoms with van der Waals surface area (Å²) in [7, 11) is 1.69. The highest BCUT2D eigenvalue weighted by molar-refractivity contribution is 7.99. The van der Waals surface area contributed by atoms with Gasteiger partial charge in [0.15, 0.2) is 11.5 Å². The Morgan fingerprint density at radius 2 is 2.32 bits per heavy atom. The molecule has 2 rings (SSSR count). The Labute approximate surface area is 119 Å². The molecule has 106 valence electrons. The molecule has 1 heterocycles. The third-order valence-electron chi connectivity index (χ3n) is 3.23. The van der Waals surface area contributed by atoms with Crippen LogP contribution in [0.3, 0.4) is 0 Å². The molecule has 0 bridgehead atoms. The minimum Gasteiger partial charge on any atom is -0.493 e. The van der Waals surface area contributed by atoms with Crippen LogP contribution < -0.4 is 15.2 Å². The van der Waals surface area contributed by atoms with Crippen LogP contribution in [0.1, 0.15) is 25.3 Å². The molecule has 4 heteroatoms. The molecule has 1 saturated heterocycles. The van der Waals surface area contributed by atoms with Crippen molar-refractivity contribution in [1.29, 1.82) is 0 Å². The summed E-state index contributed by atoms with van der Waals surface area (Å²) in [5.41, 5.74) is 7.06. The molecule has 2 unspecified atom stereocenters. The fourth-order valence-electron chi connectivity index (χ4n) is 2.33. The topological polar surface area (TPSA) is 44.5 Å². The fourth-order valence-corrected chi connectivity index (χ4v) is 3.37. The Hall–Kier alpha value is -0.870. The lowest BCUT2D eigenvalue weighted by Crippen LogP contribution is -2.25. The Balaban J connectivity index is 2.18. The minimum atomic E-state index is 0.121. The number of methoxy groups -OCH3 is 1. The van der Waals surface area contributed by atoms with Crippen LogP contribution >= 0.6 is 11.8 Å². The van der Waals surface area contributed by atoms with E-state index in [1.54, 1.807) is 7.11 Å². The second kappa shape index (κ2) is 7.06. The number of para-hydroxylation sites is 1. The highest BCUT2D eigenvalue weighted by atomic mass is 32.2. The molecule has 1 aromatic rings. The van der Waals surface area contributed by atoms with E-state index in [0.717, 1.165) is 35.7 Å². The predicted molar refractivity (Wildman–Crippen MR) is 81.3 cm³/mol. The molecule has 19 heavy (non-hydrogen) atoms. The van der Waals surface area contributed by atoms with Crippen molar-refractivity contribution >= 4 is 11.8 Å². The second-order valence-electron chi connectivity index (χ2n) is 5.09. The third-order valence-corrected chi connectivity index (χ3v) is 4.41. The number of hydrogen-bond donors (Lipinski definition) is 1. The van der Waals surface area contributed by atoms with Gasteiger partial charge in [0.1, 0.15) is 6.10 Å². The van der Waals surface area contributed by atoms with E-state index >= 15 is 0 Å². The number of rotatable bonds is 5. The van der Waals surface area contributed by atoms with Crippen molar-refractivity contribution in [3.05, 3.63) is 23.8 Å². The second-order valence-corrected chi connectivity index (χ2v) is 6.24. The summed E-state index contributed by atoms with van der Waals surface area (Å²) in [5.74, 6) is 4.01. The van der Waals surface area contributed by atoms with Gasteiger partial charge in [0.05, 0.1) is 7.11 Å². The molecule has 3 nitrogen and oxygen atoms in total. The van der Waals surface area contributed by atoms with E-state index in [9.17, 15) is 0 Å². The Bertz CT molecular complexity index is 403. The van der Waals surface area contributed by atoms with Gasteiger partial charge in [0.2, 0.25) is 0 Å². The summed E-state index contributed by atoms with van der Waals surface area (Å²) in [6.45, 7) is 2.01. The summed E-state index contributed by atoms with van der Waals surface area (Å²) in [4.78, 5) is 0. The van der Waals surface area contributed by atoms with Crippen LogP contribution in [0.5, 0.6) is 11.5 Å². The molecular weight excluding hydrogens is 258 g/mol. The third kappa shape index (κ3) is 4.05. The average molecular weight is 281 g/mol. The van der Waals surface area contributed by atoms with Crippen molar-refractivity contribution in [1.82, 2.24) is 0 Å². The van der Waals surface area contributed by atoms with Gasteiger partial charge in [-0.05, 0) is 43.6 Å². The number of nitrogens with two attached hydrogens (primary N) is 1. The van der Waals surface area contributed by atoms with Gasteiger partial charge < -0.3 is 15.2 Å². The number of ether oxygens (including phenoxy) is 2. The van der Waals surface area contributed by atoms with E-state index in [1.807, 2.05) is 30.8 Å². The summed E-state index contributed by atoms with van der Waals surface area (Å²) in [6, 6.07) is 6.15. The average Bonchev–Trinajstić information content (AvgIpc) is 2.41. The van der Waals surface area contributed by atoms with Crippen molar-refractivity contribution < 1.29 is 9.47 Å². The van der Waals surface area contributed by atoms with E-state index in [1.165, 1.54) is 12.2 Å². The molecule has 1 aliphatic rings. The quantitative estimate of drug-likeness (QED) is 0.901. The van der Waals surface area contributed by atoms with Crippen LogP contribution in [0.2, 0.25) is 0 Å². The van der Waals surface area contributed by atoms with Crippen LogP contribution in [0.15, 0.2) is 18.2 Å².